The summed E-state index contributed by atoms with van der Waals surface area (Å²) < 4.78 is 28.6. The van der Waals surface area contributed by atoms with Gasteiger partial charge in [-0.1, -0.05) is 22.8 Å². The van der Waals surface area contributed by atoms with Gasteiger partial charge in [-0.2, -0.15) is 8.42 Å². The first-order valence-electron chi connectivity index (χ1n) is 5.72. The molecule has 0 radical (unpaired) electrons. The molecule has 0 heterocycles. The van der Waals surface area contributed by atoms with E-state index in [2.05, 4.69) is 10.0 Å². The van der Waals surface area contributed by atoms with E-state index in [0.717, 1.165) is 5.56 Å². The Balaban J connectivity index is 2.59. The molecule has 0 saturated heterocycles. The van der Waals surface area contributed by atoms with Gasteiger partial charge in [0.25, 0.3) is 10.1 Å². The van der Waals surface area contributed by atoms with Gasteiger partial charge in [-0.3, -0.25) is 0 Å². The Labute approximate surface area is 112 Å². The summed E-state index contributed by atoms with van der Waals surface area (Å²) in [6.07, 6.45) is -0.182. The fourth-order valence-electron chi connectivity index (χ4n) is 1.38. The smallest absolute Gasteiger partial charge is 0.298 e. The fraction of sp³-hybridized carbons (Fsp3) is 0.455. The molecule has 0 saturated carbocycles. The minimum absolute atomic E-state index is 0.0728. The van der Waals surface area contributed by atoms with Gasteiger partial charge in [0.1, 0.15) is 6.23 Å². The van der Waals surface area contributed by atoms with E-state index in [0.29, 0.717) is 12.8 Å². The van der Waals surface area contributed by atoms with Crippen molar-refractivity contribution in [3.63, 3.8) is 0 Å². The zero-order chi connectivity index (χ0) is 14.3. The highest BCUT2D eigenvalue weighted by Gasteiger charge is 2.18. The first-order chi connectivity index (χ1) is 8.95. The summed E-state index contributed by atoms with van der Waals surface area (Å²) in [6, 6.07) is 6.31. The van der Waals surface area contributed by atoms with Gasteiger partial charge < -0.3 is 5.73 Å². The van der Waals surface area contributed by atoms with Crippen LogP contribution in [0.5, 0.6) is 0 Å². The van der Waals surface area contributed by atoms with Crippen molar-refractivity contribution in [3.05, 3.63) is 40.3 Å². The van der Waals surface area contributed by atoms with Gasteiger partial charge in [0.2, 0.25) is 0 Å². The molecule has 1 aromatic carbocycles. The third-order valence-corrected chi connectivity index (χ3v) is 3.72. The van der Waals surface area contributed by atoms with E-state index in [9.17, 15) is 8.42 Å². The first-order valence-corrected chi connectivity index (χ1v) is 7.13. The summed E-state index contributed by atoms with van der Waals surface area (Å²) >= 11 is 0. The summed E-state index contributed by atoms with van der Waals surface area (Å²) in [6.45, 7) is 2.12. The van der Waals surface area contributed by atoms with Gasteiger partial charge in [0, 0.05) is 11.5 Å². The van der Waals surface area contributed by atoms with Crippen molar-refractivity contribution in [3.8, 4) is 0 Å². The lowest BCUT2D eigenvalue weighted by atomic mass is 10.2. The second-order valence-electron chi connectivity index (χ2n) is 4.00. The van der Waals surface area contributed by atoms with E-state index < -0.39 is 16.3 Å². The van der Waals surface area contributed by atoms with Crippen molar-refractivity contribution in [2.45, 2.75) is 30.9 Å². The Morgan fingerprint density at radius 2 is 2.05 bits per heavy atom. The molecule has 0 amide bonds. The maximum Gasteiger partial charge on any atom is 0.298 e. The SMILES string of the molecule is Cc1ccc(S(=O)(=O)OC(N)CCCN=[N+]=[N-])cc1. The molecule has 8 heteroatoms. The molecule has 0 aliphatic carbocycles. The predicted molar refractivity (Wildman–Crippen MR) is 70.7 cm³/mol. The van der Waals surface area contributed by atoms with Crippen LogP contribution in [0.1, 0.15) is 18.4 Å². The van der Waals surface area contributed by atoms with Crippen LogP contribution in [0, 0.1) is 6.92 Å². The monoisotopic (exact) mass is 284 g/mol. The predicted octanol–water partition coefficient (Wildman–Crippen LogP) is 2.08. The fourth-order valence-corrected chi connectivity index (χ4v) is 2.38. The lowest BCUT2D eigenvalue weighted by Gasteiger charge is -2.12. The van der Waals surface area contributed by atoms with Crippen molar-refractivity contribution >= 4 is 10.1 Å². The molecule has 0 aromatic heterocycles. The van der Waals surface area contributed by atoms with E-state index in [4.69, 9.17) is 15.4 Å². The van der Waals surface area contributed by atoms with Crippen molar-refractivity contribution in [1.29, 1.82) is 0 Å². The van der Waals surface area contributed by atoms with Crippen LogP contribution in [0.4, 0.5) is 0 Å². The Bertz CT molecular complexity index is 550. The lowest BCUT2D eigenvalue weighted by molar-refractivity contribution is 0.204. The van der Waals surface area contributed by atoms with Gasteiger partial charge >= 0.3 is 0 Å². The van der Waals surface area contributed by atoms with Crippen LogP contribution in [0.15, 0.2) is 34.3 Å². The number of benzene rings is 1. The molecule has 104 valence electrons. The van der Waals surface area contributed by atoms with Crippen LogP contribution in [0.25, 0.3) is 10.4 Å². The largest absolute Gasteiger partial charge is 0.305 e. The molecule has 0 aliphatic heterocycles. The average molecular weight is 284 g/mol. The Kier molecular flexibility index (Phi) is 5.78. The molecular weight excluding hydrogens is 268 g/mol. The Hall–Kier alpha value is -1.60. The maximum atomic E-state index is 11.9. The minimum atomic E-state index is -3.85. The number of hydrogen-bond donors (Lipinski definition) is 1. The molecule has 1 rings (SSSR count). The molecule has 1 atom stereocenters. The van der Waals surface area contributed by atoms with Crippen LogP contribution >= 0.6 is 0 Å². The number of rotatable bonds is 7. The molecular formula is C11H16N4O3S. The van der Waals surface area contributed by atoms with Gasteiger partial charge in [-0.15, -0.1) is 0 Å². The van der Waals surface area contributed by atoms with E-state index in [-0.39, 0.29) is 11.4 Å². The second-order valence-corrected chi connectivity index (χ2v) is 5.57. The summed E-state index contributed by atoms with van der Waals surface area (Å²) in [5.74, 6) is 0. The van der Waals surface area contributed by atoms with Gasteiger partial charge in [-0.05, 0) is 37.4 Å². The molecule has 19 heavy (non-hydrogen) atoms. The molecule has 0 spiro atoms. The Morgan fingerprint density at radius 1 is 1.42 bits per heavy atom. The van der Waals surface area contributed by atoms with E-state index in [1.807, 2.05) is 6.92 Å². The quantitative estimate of drug-likeness (QED) is 0.206. The van der Waals surface area contributed by atoms with Gasteiger partial charge in [0.05, 0.1) is 4.90 Å². The van der Waals surface area contributed by atoms with E-state index in [1.54, 1.807) is 12.1 Å². The minimum Gasteiger partial charge on any atom is -0.305 e. The highest BCUT2D eigenvalue weighted by atomic mass is 32.2. The van der Waals surface area contributed by atoms with Crippen molar-refractivity contribution in [1.82, 2.24) is 0 Å². The van der Waals surface area contributed by atoms with Crippen molar-refractivity contribution < 1.29 is 12.6 Å². The highest BCUT2D eigenvalue weighted by Crippen LogP contribution is 2.15. The maximum absolute atomic E-state index is 11.9. The second kappa shape index (κ2) is 7.10. The number of nitrogens with two attached hydrogens (primary N) is 1. The van der Waals surface area contributed by atoms with Crippen molar-refractivity contribution in [2.75, 3.05) is 6.54 Å². The highest BCUT2D eigenvalue weighted by molar-refractivity contribution is 7.86. The molecule has 0 bridgehead atoms. The number of nitrogens with zero attached hydrogens (tertiary/aromatic N) is 3. The summed E-state index contributed by atoms with van der Waals surface area (Å²) in [5, 5.41) is 3.33. The van der Waals surface area contributed by atoms with Gasteiger partial charge in [0.15, 0.2) is 0 Å². The standard InChI is InChI=1S/C11H16N4O3S/c1-9-4-6-10(7-5-9)19(16,17)18-11(12)3-2-8-14-15-13/h4-7,11H,2-3,8,12H2,1H3. The number of hydrogen-bond acceptors (Lipinski definition) is 5. The number of aryl methyl sites for hydroxylation is 1. The Morgan fingerprint density at radius 3 is 2.63 bits per heavy atom. The molecule has 2 N–H and O–H groups in total. The normalized spacial score (nSPS) is 12.7. The molecule has 1 aromatic rings. The zero-order valence-electron chi connectivity index (χ0n) is 10.6. The third kappa shape index (κ3) is 5.27. The van der Waals surface area contributed by atoms with E-state index >= 15 is 0 Å². The van der Waals surface area contributed by atoms with Gasteiger partial charge in [-0.25, -0.2) is 4.18 Å². The lowest BCUT2D eigenvalue weighted by Crippen LogP contribution is -2.27. The number of azide groups is 1. The molecule has 7 nitrogen and oxygen atoms in total. The molecule has 1 unspecified atom stereocenters. The summed E-state index contributed by atoms with van der Waals surface area (Å²) in [5.41, 5.74) is 14.6. The van der Waals surface area contributed by atoms with Crippen molar-refractivity contribution in [2.24, 2.45) is 10.8 Å². The molecule has 0 fully saturated rings. The summed E-state index contributed by atoms with van der Waals surface area (Å²) in [4.78, 5) is 2.66. The van der Waals surface area contributed by atoms with Crippen LogP contribution in [0.2, 0.25) is 0 Å². The van der Waals surface area contributed by atoms with Crippen LogP contribution in [-0.4, -0.2) is 21.2 Å². The average Bonchev–Trinajstić information content (AvgIpc) is 2.34. The van der Waals surface area contributed by atoms with Crippen LogP contribution in [-0.2, 0) is 14.3 Å². The van der Waals surface area contributed by atoms with E-state index in [1.165, 1.54) is 12.1 Å². The van der Waals surface area contributed by atoms with Crippen LogP contribution < -0.4 is 5.73 Å². The molecule has 0 aliphatic rings. The topological polar surface area (TPSA) is 118 Å². The third-order valence-electron chi connectivity index (χ3n) is 2.37. The summed E-state index contributed by atoms with van der Waals surface area (Å²) in [7, 11) is -3.85. The zero-order valence-corrected chi connectivity index (χ0v) is 11.4. The first kappa shape index (κ1) is 15.5. The van der Waals surface area contributed by atoms with Crippen LogP contribution in [0.3, 0.4) is 0 Å².